The second-order valence-corrected chi connectivity index (χ2v) is 8.41. The van der Waals surface area contributed by atoms with Crippen molar-refractivity contribution in [3.8, 4) is 16.9 Å². The van der Waals surface area contributed by atoms with Crippen molar-refractivity contribution in [3.63, 3.8) is 0 Å². The normalized spacial score (nSPS) is 17.9. The van der Waals surface area contributed by atoms with E-state index in [1.807, 2.05) is 0 Å². The number of aliphatic hydroxyl groups is 1. The highest BCUT2D eigenvalue weighted by Gasteiger charge is 2.29. The first kappa shape index (κ1) is 23.8. The van der Waals surface area contributed by atoms with Crippen molar-refractivity contribution in [3.05, 3.63) is 88.7 Å². The third-order valence-electron chi connectivity index (χ3n) is 6.34. The second kappa shape index (κ2) is 10.3. The van der Waals surface area contributed by atoms with Crippen molar-refractivity contribution in [2.45, 2.75) is 44.3 Å². The Labute approximate surface area is 196 Å². The molecule has 0 spiro atoms. The van der Waals surface area contributed by atoms with Crippen LogP contribution in [0.25, 0.3) is 11.1 Å². The van der Waals surface area contributed by atoms with Crippen LogP contribution in [0.4, 0.5) is 13.2 Å². The first-order valence-corrected chi connectivity index (χ1v) is 11.1. The number of hydrogen-bond donors (Lipinski definition) is 1. The molecule has 0 unspecified atom stereocenters. The van der Waals surface area contributed by atoms with E-state index in [9.17, 15) is 18.0 Å². The Bertz CT molecular complexity index is 1170. The van der Waals surface area contributed by atoms with Gasteiger partial charge in [-0.15, -0.1) is 0 Å². The van der Waals surface area contributed by atoms with Crippen molar-refractivity contribution in [2.24, 2.45) is 0 Å². The van der Waals surface area contributed by atoms with Gasteiger partial charge in [-0.1, -0.05) is 36.4 Å². The van der Waals surface area contributed by atoms with Gasteiger partial charge in [0.1, 0.15) is 17.7 Å². The largest absolute Gasteiger partial charge is 0.497 e. The Morgan fingerprint density at radius 1 is 0.941 bits per heavy atom. The van der Waals surface area contributed by atoms with Gasteiger partial charge in [0.25, 0.3) is 0 Å². The van der Waals surface area contributed by atoms with Gasteiger partial charge < -0.3 is 14.6 Å². The molecular weight excluding hydrogens is 445 g/mol. The molecule has 4 rings (SSSR count). The van der Waals surface area contributed by atoms with Gasteiger partial charge in [-0.3, -0.25) is 0 Å². The molecule has 0 aliphatic heterocycles. The number of halogens is 3. The number of hydrogen-bond acceptors (Lipinski definition) is 4. The summed E-state index contributed by atoms with van der Waals surface area (Å²) in [6.07, 6.45) is 1.56. The fourth-order valence-electron chi connectivity index (χ4n) is 4.39. The molecule has 1 aliphatic rings. The Balaban J connectivity index is 1.41. The molecule has 3 aromatic rings. The van der Waals surface area contributed by atoms with Gasteiger partial charge in [-0.05, 0) is 60.4 Å². The fourth-order valence-corrected chi connectivity index (χ4v) is 4.39. The van der Waals surface area contributed by atoms with Crippen LogP contribution in [0.15, 0.2) is 54.6 Å². The van der Waals surface area contributed by atoms with Gasteiger partial charge in [-0.2, -0.15) is 0 Å². The molecule has 4 nitrogen and oxygen atoms in total. The van der Waals surface area contributed by atoms with E-state index in [1.165, 1.54) is 19.2 Å². The van der Waals surface area contributed by atoms with Crippen molar-refractivity contribution in [2.75, 3.05) is 7.11 Å². The van der Waals surface area contributed by atoms with Gasteiger partial charge in [0.2, 0.25) is 0 Å². The summed E-state index contributed by atoms with van der Waals surface area (Å²) in [6, 6.07) is 13.7. The average molecular weight is 470 g/mol. The zero-order valence-corrected chi connectivity index (χ0v) is 18.7. The molecule has 34 heavy (non-hydrogen) atoms. The monoisotopic (exact) mass is 470 g/mol. The summed E-state index contributed by atoms with van der Waals surface area (Å²) in [6.45, 7) is -0.122. The quantitative estimate of drug-likeness (QED) is 0.439. The minimum absolute atomic E-state index is 0.122. The fraction of sp³-hybridized carbons (Fsp3) is 0.296. The highest BCUT2D eigenvalue weighted by Crippen LogP contribution is 2.38. The molecule has 0 heterocycles. The van der Waals surface area contributed by atoms with Crippen LogP contribution in [-0.4, -0.2) is 24.3 Å². The summed E-state index contributed by atoms with van der Waals surface area (Å²) in [7, 11) is 1.41. The van der Waals surface area contributed by atoms with Crippen LogP contribution in [0.3, 0.4) is 0 Å². The third kappa shape index (κ3) is 4.94. The Morgan fingerprint density at radius 2 is 1.65 bits per heavy atom. The van der Waals surface area contributed by atoms with Gasteiger partial charge in [0.15, 0.2) is 11.6 Å². The molecule has 0 amide bonds. The topological polar surface area (TPSA) is 55.8 Å². The summed E-state index contributed by atoms with van der Waals surface area (Å²) in [4.78, 5) is 12.4. The molecule has 1 N–H and O–H groups in total. The molecular formula is C27H25F3O4. The minimum Gasteiger partial charge on any atom is -0.497 e. The summed E-state index contributed by atoms with van der Waals surface area (Å²) >= 11 is 0. The summed E-state index contributed by atoms with van der Waals surface area (Å²) in [5.41, 5.74) is 1.52. The molecule has 1 aliphatic carbocycles. The maximum Gasteiger partial charge on any atom is 0.341 e. The van der Waals surface area contributed by atoms with Gasteiger partial charge in [-0.25, -0.2) is 18.0 Å². The predicted molar refractivity (Wildman–Crippen MR) is 121 cm³/mol. The van der Waals surface area contributed by atoms with Crippen molar-refractivity contribution in [1.29, 1.82) is 0 Å². The average Bonchev–Trinajstić information content (AvgIpc) is 2.86. The Kier molecular flexibility index (Phi) is 7.22. The zero-order valence-electron chi connectivity index (χ0n) is 18.7. The highest BCUT2D eigenvalue weighted by atomic mass is 19.2. The first-order valence-electron chi connectivity index (χ1n) is 11.1. The summed E-state index contributed by atoms with van der Waals surface area (Å²) in [5, 5.41) is 9.15. The zero-order chi connectivity index (χ0) is 24.2. The molecule has 7 heteroatoms. The van der Waals surface area contributed by atoms with Gasteiger partial charge in [0.05, 0.1) is 19.3 Å². The highest BCUT2D eigenvalue weighted by molar-refractivity contribution is 5.90. The lowest BCUT2D eigenvalue weighted by atomic mass is 9.82. The van der Waals surface area contributed by atoms with Crippen LogP contribution in [0.2, 0.25) is 0 Å². The van der Waals surface area contributed by atoms with E-state index in [0.717, 1.165) is 6.07 Å². The molecule has 178 valence electrons. The number of carbonyl (C=O) groups is 1. The summed E-state index contributed by atoms with van der Waals surface area (Å²) in [5.74, 6) is -3.15. The van der Waals surface area contributed by atoms with E-state index in [4.69, 9.17) is 14.6 Å². The molecule has 1 fully saturated rings. The lowest BCUT2D eigenvalue weighted by molar-refractivity contribution is 0.0189. The van der Waals surface area contributed by atoms with Crippen molar-refractivity contribution in [1.82, 2.24) is 0 Å². The van der Waals surface area contributed by atoms with Crippen LogP contribution in [0, 0.1) is 17.5 Å². The van der Waals surface area contributed by atoms with E-state index in [1.54, 1.807) is 36.4 Å². The van der Waals surface area contributed by atoms with Crippen LogP contribution in [0.5, 0.6) is 5.75 Å². The number of carbonyl (C=O) groups excluding carboxylic acids is 1. The number of benzene rings is 3. The molecule has 0 aromatic heterocycles. The second-order valence-electron chi connectivity index (χ2n) is 8.41. The van der Waals surface area contributed by atoms with E-state index < -0.39 is 29.5 Å². The molecule has 0 radical (unpaired) electrons. The van der Waals surface area contributed by atoms with Crippen LogP contribution < -0.4 is 4.74 Å². The van der Waals surface area contributed by atoms with E-state index in [-0.39, 0.29) is 23.7 Å². The number of rotatable bonds is 6. The maximum absolute atomic E-state index is 15.0. The van der Waals surface area contributed by atoms with Crippen molar-refractivity contribution < 1.29 is 32.5 Å². The first-order chi connectivity index (χ1) is 16.4. The smallest absolute Gasteiger partial charge is 0.341 e. The Morgan fingerprint density at radius 3 is 2.26 bits per heavy atom. The van der Waals surface area contributed by atoms with Crippen LogP contribution >= 0.6 is 0 Å². The maximum atomic E-state index is 15.0. The predicted octanol–water partition coefficient (Wildman–Crippen LogP) is 6.16. The number of methoxy groups -OCH3 is 1. The number of ether oxygens (including phenoxy) is 2. The minimum atomic E-state index is -0.905. The van der Waals surface area contributed by atoms with E-state index in [0.29, 0.717) is 48.1 Å². The van der Waals surface area contributed by atoms with Crippen LogP contribution in [0.1, 0.15) is 53.1 Å². The molecule has 1 saturated carbocycles. The van der Waals surface area contributed by atoms with E-state index in [2.05, 4.69) is 0 Å². The summed E-state index contributed by atoms with van der Waals surface area (Å²) < 4.78 is 54.4. The molecule has 0 saturated heterocycles. The Hall–Kier alpha value is -3.32. The van der Waals surface area contributed by atoms with Crippen molar-refractivity contribution >= 4 is 5.97 Å². The number of aliphatic hydroxyl groups excluding tert-OH is 1. The van der Waals surface area contributed by atoms with Gasteiger partial charge >= 0.3 is 5.97 Å². The standard InChI is InChI=1S/C27H25F3O4/c1-33-20-10-11-23(24(28)14-20)27(32)34-19-8-6-18(7-9-19)22-13-12-21(25(29)26(22)30)17-4-2-16(15-31)3-5-17/h2-5,10-14,18-19,31H,6-9,15H2,1H3. The number of esters is 1. The van der Waals surface area contributed by atoms with Gasteiger partial charge in [0, 0.05) is 11.6 Å². The third-order valence-corrected chi connectivity index (χ3v) is 6.34. The lowest BCUT2D eigenvalue weighted by Crippen LogP contribution is -2.24. The molecule has 0 atom stereocenters. The lowest BCUT2D eigenvalue weighted by Gasteiger charge is -2.29. The molecule has 0 bridgehead atoms. The molecule has 3 aromatic carbocycles. The van der Waals surface area contributed by atoms with Crippen LogP contribution in [-0.2, 0) is 11.3 Å². The van der Waals surface area contributed by atoms with E-state index >= 15 is 0 Å². The SMILES string of the molecule is COc1ccc(C(=O)OC2CCC(c3ccc(-c4ccc(CO)cc4)c(F)c3F)CC2)c(F)c1.